The highest BCUT2D eigenvalue weighted by Gasteiger charge is 2.31. The molecule has 1 aliphatic rings. The van der Waals surface area contributed by atoms with E-state index < -0.39 is 0 Å². The van der Waals surface area contributed by atoms with E-state index in [0.29, 0.717) is 5.92 Å². The highest BCUT2D eigenvalue weighted by Crippen LogP contribution is 2.26. The van der Waals surface area contributed by atoms with Crippen molar-refractivity contribution in [1.82, 2.24) is 5.32 Å². The zero-order chi connectivity index (χ0) is 14.5. The number of ether oxygens (including phenoxy) is 1. The largest absolute Gasteiger partial charge is 0.376 e. The normalized spacial score (nSPS) is 24.0. The summed E-state index contributed by atoms with van der Waals surface area (Å²) in [4.78, 5) is 0. The fourth-order valence-corrected chi connectivity index (χ4v) is 2.99. The first kappa shape index (κ1) is 15.7. The molecule has 3 unspecified atom stereocenters. The summed E-state index contributed by atoms with van der Waals surface area (Å²) in [6, 6.07) is 5.22. The Morgan fingerprint density at radius 3 is 2.90 bits per heavy atom. The Morgan fingerprint density at radius 1 is 1.50 bits per heavy atom. The van der Waals surface area contributed by atoms with Crippen molar-refractivity contribution < 1.29 is 9.13 Å². The minimum atomic E-state index is -0.362. The average molecular weight is 300 g/mol. The number of nitrogens with one attached hydrogen (secondary N) is 1. The van der Waals surface area contributed by atoms with Gasteiger partial charge < -0.3 is 10.1 Å². The van der Waals surface area contributed by atoms with Crippen molar-refractivity contribution in [3.63, 3.8) is 0 Å². The number of hydrogen-bond acceptors (Lipinski definition) is 2. The standard InChI is InChI=1S/C16H23ClFNO/c1-3-7-19-15(16-11(2)6-8-20-16)10-12-4-5-14(18)13(17)9-12/h4-5,9,11,15-16,19H,3,6-8,10H2,1-2H3. The quantitative estimate of drug-likeness (QED) is 0.862. The van der Waals surface area contributed by atoms with E-state index in [1.54, 1.807) is 6.07 Å². The van der Waals surface area contributed by atoms with Crippen molar-refractivity contribution in [3.05, 3.63) is 34.6 Å². The lowest BCUT2D eigenvalue weighted by molar-refractivity contribution is 0.0610. The van der Waals surface area contributed by atoms with Crippen LogP contribution in [0.3, 0.4) is 0 Å². The SMILES string of the molecule is CCCNC(Cc1ccc(F)c(Cl)c1)C1OCCC1C. The molecule has 0 amide bonds. The number of hydrogen-bond donors (Lipinski definition) is 1. The topological polar surface area (TPSA) is 21.3 Å². The molecule has 112 valence electrons. The monoisotopic (exact) mass is 299 g/mol. The maximum Gasteiger partial charge on any atom is 0.141 e. The van der Waals surface area contributed by atoms with Gasteiger partial charge in [0.05, 0.1) is 11.1 Å². The second-order valence-electron chi connectivity index (χ2n) is 5.61. The lowest BCUT2D eigenvalue weighted by Crippen LogP contribution is -2.44. The summed E-state index contributed by atoms with van der Waals surface area (Å²) in [7, 11) is 0. The third-order valence-electron chi connectivity index (χ3n) is 3.94. The van der Waals surface area contributed by atoms with E-state index >= 15 is 0 Å². The molecule has 4 heteroatoms. The predicted octanol–water partition coefficient (Wildman–Crippen LogP) is 3.81. The highest BCUT2D eigenvalue weighted by molar-refractivity contribution is 6.30. The summed E-state index contributed by atoms with van der Waals surface area (Å²) < 4.78 is 19.1. The van der Waals surface area contributed by atoms with Gasteiger partial charge in [0.25, 0.3) is 0 Å². The minimum Gasteiger partial charge on any atom is -0.376 e. The Balaban J connectivity index is 2.08. The van der Waals surface area contributed by atoms with E-state index in [2.05, 4.69) is 19.2 Å². The third kappa shape index (κ3) is 3.94. The van der Waals surface area contributed by atoms with Crippen LogP contribution in [0, 0.1) is 11.7 Å². The molecule has 1 saturated heterocycles. The van der Waals surface area contributed by atoms with Crippen molar-refractivity contribution >= 4 is 11.6 Å². The third-order valence-corrected chi connectivity index (χ3v) is 4.23. The second kappa shape index (κ2) is 7.39. The molecule has 2 rings (SSSR count). The van der Waals surface area contributed by atoms with E-state index in [1.807, 2.05) is 6.07 Å². The van der Waals surface area contributed by atoms with E-state index in [-0.39, 0.29) is 23.0 Å². The zero-order valence-corrected chi connectivity index (χ0v) is 12.9. The van der Waals surface area contributed by atoms with Crippen molar-refractivity contribution in [1.29, 1.82) is 0 Å². The van der Waals surface area contributed by atoms with Crippen molar-refractivity contribution in [2.24, 2.45) is 5.92 Å². The highest BCUT2D eigenvalue weighted by atomic mass is 35.5. The molecule has 1 N–H and O–H groups in total. The van der Waals surface area contributed by atoms with Gasteiger partial charge in [-0.15, -0.1) is 0 Å². The van der Waals surface area contributed by atoms with Crippen molar-refractivity contribution in [2.45, 2.75) is 45.3 Å². The van der Waals surface area contributed by atoms with Crippen LogP contribution in [-0.2, 0) is 11.2 Å². The minimum absolute atomic E-state index is 0.192. The molecule has 1 heterocycles. The summed E-state index contributed by atoms with van der Waals surface area (Å²) >= 11 is 5.86. The van der Waals surface area contributed by atoms with Crippen LogP contribution in [0.4, 0.5) is 4.39 Å². The van der Waals surface area contributed by atoms with Crippen molar-refractivity contribution in [2.75, 3.05) is 13.2 Å². The summed E-state index contributed by atoms with van der Waals surface area (Å²) in [6.45, 7) is 6.18. The first-order valence-corrected chi connectivity index (χ1v) is 7.78. The molecule has 3 atom stereocenters. The van der Waals surface area contributed by atoms with Crippen LogP contribution in [0.25, 0.3) is 0 Å². The Labute approximate surface area is 125 Å². The van der Waals surface area contributed by atoms with Crippen LogP contribution in [0.15, 0.2) is 18.2 Å². The number of rotatable bonds is 6. The van der Waals surface area contributed by atoms with Crippen LogP contribution in [0.2, 0.25) is 5.02 Å². The van der Waals surface area contributed by atoms with Crippen LogP contribution >= 0.6 is 11.6 Å². The van der Waals surface area contributed by atoms with Gasteiger partial charge in [-0.2, -0.15) is 0 Å². The molecule has 0 aliphatic carbocycles. The maximum atomic E-state index is 13.2. The van der Waals surface area contributed by atoms with Gasteiger partial charge in [0, 0.05) is 12.6 Å². The van der Waals surface area contributed by atoms with E-state index in [1.165, 1.54) is 6.07 Å². The molecule has 0 saturated carbocycles. The maximum absolute atomic E-state index is 13.2. The van der Waals surface area contributed by atoms with E-state index in [0.717, 1.165) is 38.0 Å². The van der Waals surface area contributed by atoms with E-state index in [9.17, 15) is 4.39 Å². The Morgan fingerprint density at radius 2 is 2.30 bits per heavy atom. The lowest BCUT2D eigenvalue weighted by Gasteiger charge is -2.27. The fraction of sp³-hybridized carbons (Fsp3) is 0.625. The zero-order valence-electron chi connectivity index (χ0n) is 12.2. The predicted molar refractivity (Wildman–Crippen MR) is 80.7 cm³/mol. The summed E-state index contributed by atoms with van der Waals surface area (Å²) in [6.07, 6.45) is 3.24. The van der Waals surface area contributed by atoms with Gasteiger partial charge in [0.15, 0.2) is 0 Å². The van der Waals surface area contributed by atoms with Crippen LogP contribution in [0.5, 0.6) is 0 Å². The molecule has 2 nitrogen and oxygen atoms in total. The second-order valence-corrected chi connectivity index (χ2v) is 6.02. The molecule has 0 radical (unpaired) electrons. The van der Waals surface area contributed by atoms with Gasteiger partial charge in [0.2, 0.25) is 0 Å². The van der Waals surface area contributed by atoms with Crippen LogP contribution in [-0.4, -0.2) is 25.3 Å². The molecule has 1 aliphatic heterocycles. The summed E-state index contributed by atoms with van der Waals surface area (Å²) in [5.74, 6) is 0.194. The Kier molecular flexibility index (Phi) is 5.82. The molecular formula is C16H23ClFNO. The average Bonchev–Trinajstić information content (AvgIpc) is 2.85. The molecule has 1 aromatic rings. The van der Waals surface area contributed by atoms with Gasteiger partial charge in [-0.25, -0.2) is 4.39 Å². The number of benzene rings is 1. The molecule has 1 fully saturated rings. The first-order chi connectivity index (χ1) is 9.61. The summed E-state index contributed by atoms with van der Waals surface area (Å²) in [5, 5.41) is 3.75. The lowest BCUT2D eigenvalue weighted by atomic mass is 9.93. The van der Waals surface area contributed by atoms with E-state index in [4.69, 9.17) is 16.3 Å². The van der Waals surface area contributed by atoms with Gasteiger partial charge in [-0.1, -0.05) is 31.5 Å². The molecule has 1 aromatic carbocycles. The molecule has 0 bridgehead atoms. The van der Waals surface area contributed by atoms with Gasteiger partial charge in [-0.05, 0) is 49.4 Å². The van der Waals surface area contributed by atoms with Crippen LogP contribution in [0.1, 0.15) is 32.3 Å². The van der Waals surface area contributed by atoms with Gasteiger partial charge in [-0.3, -0.25) is 0 Å². The number of halogens is 2. The molecule has 0 spiro atoms. The van der Waals surface area contributed by atoms with Gasteiger partial charge >= 0.3 is 0 Å². The molecular weight excluding hydrogens is 277 g/mol. The Hall–Kier alpha value is -0.640. The van der Waals surface area contributed by atoms with Gasteiger partial charge in [0.1, 0.15) is 5.82 Å². The van der Waals surface area contributed by atoms with Crippen molar-refractivity contribution in [3.8, 4) is 0 Å². The smallest absolute Gasteiger partial charge is 0.141 e. The Bertz CT molecular complexity index is 440. The molecule has 20 heavy (non-hydrogen) atoms. The summed E-state index contributed by atoms with van der Waals surface area (Å²) in [5.41, 5.74) is 1.05. The fourth-order valence-electron chi connectivity index (χ4n) is 2.79. The molecule has 0 aromatic heterocycles. The van der Waals surface area contributed by atoms with Crippen LogP contribution < -0.4 is 5.32 Å². The first-order valence-electron chi connectivity index (χ1n) is 7.40.